The summed E-state index contributed by atoms with van der Waals surface area (Å²) in [5.41, 5.74) is 0. The van der Waals surface area contributed by atoms with Crippen LogP contribution >= 0.6 is 0 Å². The fraction of sp³-hybridized carbons (Fsp3) is 0.902. The Balaban J connectivity index is 4.38. The maximum absolute atomic E-state index is 13.0. The first-order valence-corrected chi connectivity index (χ1v) is 20.8. The summed E-state index contributed by atoms with van der Waals surface area (Å²) in [5, 5.41) is 1.84. The minimum Gasteiger partial charge on any atom is -0.466 e. The molecule has 0 heterocycles. The molecular weight excluding hydrogens is 659 g/mol. The number of ether oxygens (including phenoxy) is 2. The molecule has 0 saturated carbocycles. The van der Waals surface area contributed by atoms with Gasteiger partial charge in [-0.2, -0.15) is 13.2 Å². The molecule has 0 aliphatic carbocycles. The van der Waals surface area contributed by atoms with Crippen LogP contribution in [0.4, 0.5) is 13.2 Å². The number of alkyl halides is 3. The number of carbonyl (C=O) groups excluding carboxylic acids is 4. The molecule has 0 spiro atoms. The molecule has 300 valence electrons. The molecule has 0 aromatic heterocycles. The van der Waals surface area contributed by atoms with Gasteiger partial charge in [-0.1, -0.05) is 149 Å². The summed E-state index contributed by atoms with van der Waals surface area (Å²) in [7, 11) is 0. The van der Waals surface area contributed by atoms with Gasteiger partial charge in [0.2, 0.25) is 0 Å². The van der Waals surface area contributed by atoms with Crippen LogP contribution in [0.25, 0.3) is 0 Å². The lowest BCUT2D eigenvalue weighted by molar-refractivity contribution is -0.173. The van der Waals surface area contributed by atoms with Gasteiger partial charge in [0.1, 0.15) is 5.78 Å². The lowest BCUT2D eigenvalue weighted by Crippen LogP contribution is -2.37. The number of rotatable bonds is 37. The molecule has 0 aromatic carbocycles. The van der Waals surface area contributed by atoms with Crippen LogP contribution in [-0.2, 0) is 28.7 Å². The van der Waals surface area contributed by atoms with Gasteiger partial charge in [0.05, 0.1) is 13.2 Å². The number of carbonyl (C=O) groups is 4. The SMILES string of the molecule is CCCCCCCCCCCCCC(=O)OCCC(CCOC(=O)CCCCCCCCCCCCC)C(=O)CCCCCNC(=O)C(F)(F)F. The molecule has 0 aromatic rings. The summed E-state index contributed by atoms with van der Waals surface area (Å²) in [4.78, 5) is 48.6. The maximum Gasteiger partial charge on any atom is 0.471 e. The van der Waals surface area contributed by atoms with E-state index in [0.717, 1.165) is 38.5 Å². The fourth-order valence-electron chi connectivity index (χ4n) is 6.22. The minimum atomic E-state index is -4.91. The van der Waals surface area contributed by atoms with Crippen molar-refractivity contribution in [2.45, 2.75) is 213 Å². The van der Waals surface area contributed by atoms with E-state index in [0.29, 0.717) is 44.9 Å². The van der Waals surface area contributed by atoms with E-state index in [1.54, 1.807) is 0 Å². The average molecular weight is 734 g/mol. The van der Waals surface area contributed by atoms with Gasteiger partial charge >= 0.3 is 24.0 Å². The number of hydrogen-bond donors (Lipinski definition) is 1. The van der Waals surface area contributed by atoms with Crippen molar-refractivity contribution >= 4 is 23.6 Å². The van der Waals surface area contributed by atoms with E-state index in [-0.39, 0.29) is 43.9 Å². The molecule has 0 saturated heterocycles. The Hall–Kier alpha value is -2.13. The average Bonchev–Trinajstić information content (AvgIpc) is 3.09. The Morgan fingerprint density at radius 2 is 0.824 bits per heavy atom. The highest BCUT2D eigenvalue weighted by molar-refractivity contribution is 5.81. The summed E-state index contributed by atoms with van der Waals surface area (Å²) in [6.45, 7) is 4.57. The van der Waals surface area contributed by atoms with Crippen LogP contribution in [0, 0.1) is 5.92 Å². The van der Waals surface area contributed by atoms with Crippen LogP contribution in [0.5, 0.6) is 0 Å². The van der Waals surface area contributed by atoms with E-state index in [1.165, 1.54) is 103 Å². The maximum atomic E-state index is 13.0. The largest absolute Gasteiger partial charge is 0.471 e. The van der Waals surface area contributed by atoms with Crippen molar-refractivity contribution in [3.63, 3.8) is 0 Å². The zero-order chi connectivity index (χ0) is 37.8. The first kappa shape index (κ1) is 48.9. The van der Waals surface area contributed by atoms with Crippen LogP contribution in [0.1, 0.15) is 206 Å². The summed E-state index contributed by atoms with van der Waals surface area (Å²) in [6.07, 6.45) is 24.3. The number of hydrogen-bond acceptors (Lipinski definition) is 6. The minimum absolute atomic E-state index is 0.0443. The quantitative estimate of drug-likeness (QED) is 0.0504. The summed E-state index contributed by atoms with van der Waals surface area (Å²) in [6, 6.07) is 0. The second kappa shape index (κ2) is 34.9. The molecule has 1 N–H and O–H groups in total. The molecular formula is C41H74F3NO6. The standard InChI is InChI=1S/C41H74F3NO6/c1-3-5-7-9-11-13-15-17-19-21-25-29-38(47)50-34-31-36(37(46)28-24-23-27-33-45-40(49)41(42,43)44)32-35-51-39(48)30-26-22-20-18-16-14-12-10-8-6-4-2/h36H,3-35H2,1-2H3,(H,45,49). The van der Waals surface area contributed by atoms with Crippen LogP contribution in [-0.4, -0.2) is 49.6 Å². The monoisotopic (exact) mass is 734 g/mol. The van der Waals surface area contributed by atoms with Gasteiger partial charge in [0, 0.05) is 31.7 Å². The van der Waals surface area contributed by atoms with Crippen molar-refractivity contribution < 1.29 is 41.8 Å². The van der Waals surface area contributed by atoms with E-state index in [9.17, 15) is 32.3 Å². The number of ketones is 1. The van der Waals surface area contributed by atoms with Gasteiger partial charge in [-0.3, -0.25) is 19.2 Å². The van der Waals surface area contributed by atoms with E-state index >= 15 is 0 Å². The number of nitrogens with one attached hydrogen (secondary N) is 1. The van der Waals surface area contributed by atoms with Gasteiger partial charge in [-0.25, -0.2) is 0 Å². The second-order valence-electron chi connectivity index (χ2n) is 14.3. The van der Waals surface area contributed by atoms with Crippen LogP contribution in [0.2, 0.25) is 0 Å². The van der Waals surface area contributed by atoms with Gasteiger partial charge < -0.3 is 14.8 Å². The number of unbranched alkanes of at least 4 members (excludes halogenated alkanes) is 22. The van der Waals surface area contributed by atoms with Crippen molar-refractivity contribution in [2.24, 2.45) is 5.92 Å². The third-order valence-corrected chi connectivity index (χ3v) is 9.53. The molecule has 51 heavy (non-hydrogen) atoms. The Labute approximate surface area is 308 Å². The topological polar surface area (TPSA) is 98.8 Å². The highest BCUT2D eigenvalue weighted by Gasteiger charge is 2.38. The van der Waals surface area contributed by atoms with Gasteiger partial charge in [-0.05, 0) is 38.5 Å². The number of amides is 1. The molecule has 0 unspecified atom stereocenters. The molecule has 0 atom stereocenters. The fourth-order valence-corrected chi connectivity index (χ4v) is 6.22. The van der Waals surface area contributed by atoms with Crippen molar-refractivity contribution in [3.05, 3.63) is 0 Å². The van der Waals surface area contributed by atoms with Gasteiger partial charge in [0.25, 0.3) is 0 Å². The zero-order valence-electron chi connectivity index (χ0n) is 32.5. The Bertz CT molecular complexity index is 823. The van der Waals surface area contributed by atoms with Crippen molar-refractivity contribution in [1.82, 2.24) is 5.32 Å². The second-order valence-corrected chi connectivity index (χ2v) is 14.3. The molecule has 0 aliphatic heterocycles. The third kappa shape index (κ3) is 33.5. The van der Waals surface area contributed by atoms with E-state index in [1.807, 2.05) is 5.32 Å². The smallest absolute Gasteiger partial charge is 0.466 e. The van der Waals surface area contributed by atoms with Crippen LogP contribution in [0.3, 0.4) is 0 Å². The van der Waals surface area contributed by atoms with Gasteiger partial charge in [0.15, 0.2) is 0 Å². The molecule has 0 radical (unpaired) electrons. The van der Waals surface area contributed by atoms with Crippen LogP contribution < -0.4 is 5.32 Å². The molecule has 0 rings (SSSR count). The first-order valence-electron chi connectivity index (χ1n) is 20.8. The number of halogens is 3. The summed E-state index contributed by atoms with van der Waals surface area (Å²) < 4.78 is 47.9. The Morgan fingerprint density at radius 1 is 0.490 bits per heavy atom. The molecule has 10 heteroatoms. The highest BCUT2D eigenvalue weighted by Crippen LogP contribution is 2.18. The molecule has 7 nitrogen and oxygen atoms in total. The van der Waals surface area contributed by atoms with Crippen molar-refractivity contribution in [1.29, 1.82) is 0 Å². The lowest BCUT2D eigenvalue weighted by atomic mass is 9.93. The van der Waals surface area contributed by atoms with E-state index in [4.69, 9.17) is 9.47 Å². The third-order valence-electron chi connectivity index (χ3n) is 9.53. The summed E-state index contributed by atoms with van der Waals surface area (Å²) in [5.74, 6) is -2.99. The van der Waals surface area contributed by atoms with E-state index < -0.39 is 18.0 Å². The molecule has 0 bridgehead atoms. The highest BCUT2D eigenvalue weighted by atomic mass is 19.4. The van der Waals surface area contributed by atoms with Crippen molar-refractivity contribution in [2.75, 3.05) is 19.8 Å². The van der Waals surface area contributed by atoms with E-state index in [2.05, 4.69) is 13.8 Å². The Kier molecular flexibility index (Phi) is 33.5. The summed E-state index contributed by atoms with van der Waals surface area (Å²) >= 11 is 0. The van der Waals surface area contributed by atoms with Crippen LogP contribution in [0.15, 0.2) is 0 Å². The first-order chi connectivity index (χ1) is 24.6. The number of esters is 2. The molecule has 0 fully saturated rings. The Morgan fingerprint density at radius 3 is 1.20 bits per heavy atom. The zero-order valence-corrected chi connectivity index (χ0v) is 32.5. The normalized spacial score (nSPS) is 11.6. The molecule has 0 aliphatic rings. The van der Waals surface area contributed by atoms with Crippen molar-refractivity contribution in [3.8, 4) is 0 Å². The predicted molar refractivity (Wildman–Crippen MR) is 199 cm³/mol. The van der Waals surface area contributed by atoms with Gasteiger partial charge in [-0.15, -0.1) is 0 Å². The predicted octanol–water partition coefficient (Wildman–Crippen LogP) is 11.7. The molecule has 1 amide bonds. The lowest BCUT2D eigenvalue weighted by Gasteiger charge is -2.16. The number of Topliss-reactive ketones (excluding diaryl/α,β-unsaturated/α-hetero) is 1.